The molecule has 0 aromatic heterocycles. The molecule has 0 radical (unpaired) electrons. The van der Waals surface area contributed by atoms with Crippen molar-refractivity contribution >= 4 is 50.9 Å². The summed E-state index contributed by atoms with van der Waals surface area (Å²) in [4.78, 5) is 12.5. The summed E-state index contributed by atoms with van der Waals surface area (Å²) in [7, 11) is -2.28. The molecular formula is C20H20Cl2N2O5S. The van der Waals surface area contributed by atoms with Gasteiger partial charge in [-0.2, -0.15) is 4.31 Å². The molecule has 10 heteroatoms. The Morgan fingerprint density at radius 2 is 1.90 bits per heavy atom. The maximum absolute atomic E-state index is 12.9. The topological polar surface area (TPSA) is 84.9 Å². The van der Waals surface area contributed by atoms with E-state index in [9.17, 15) is 13.2 Å². The van der Waals surface area contributed by atoms with Crippen LogP contribution in [0.4, 0.5) is 5.69 Å². The first-order valence-electron chi connectivity index (χ1n) is 9.01. The fourth-order valence-electron chi connectivity index (χ4n) is 2.86. The molecule has 0 saturated carbocycles. The number of anilines is 1. The Bertz CT molecular complexity index is 1070. The largest absolute Gasteiger partial charge is 0.495 e. The Balaban J connectivity index is 1.81. The molecule has 3 rings (SSSR count). The number of nitrogens with zero attached hydrogens (tertiary/aromatic N) is 1. The SMILES string of the molecule is COc1ccc(S(=O)(=O)N2CCOCC2)cc1NC(=O)/C=C/c1ccc(Cl)cc1Cl. The van der Waals surface area contributed by atoms with Gasteiger partial charge in [0.25, 0.3) is 0 Å². The highest BCUT2D eigenvalue weighted by molar-refractivity contribution is 7.89. The predicted molar refractivity (Wildman–Crippen MR) is 117 cm³/mol. The molecule has 0 unspecified atom stereocenters. The molecule has 1 aliphatic heterocycles. The minimum Gasteiger partial charge on any atom is -0.495 e. The van der Waals surface area contributed by atoms with Crippen molar-refractivity contribution in [2.24, 2.45) is 0 Å². The smallest absolute Gasteiger partial charge is 0.248 e. The highest BCUT2D eigenvalue weighted by atomic mass is 35.5. The lowest BCUT2D eigenvalue weighted by Gasteiger charge is -2.26. The number of methoxy groups -OCH3 is 1. The lowest BCUT2D eigenvalue weighted by molar-refractivity contribution is -0.111. The molecule has 7 nitrogen and oxygen atoms in total. The highest BCUT2D eigenvalue weighted by Crippen LogP contribution is 2.29. The van der Waals surface area contributed by atoms with E-state index in [1.807, 2.05) is 0 Å². The zero-order valence-corrected chi connectivity index (χ0v) is 18.4. The molecule has 30 heavy (non-hydrogen) atoms. The first-order valence-corrected chi connectivity index (χ1v) is 11.2. The van der Waals surface area contributed by atoms with Crippen LogP contribution in [-0.2, 0) is 19.6 Å². The molecule has 2 aromatic carbocycles. The molecule has 1 fully saturated rings. The van der Waals surface area contributed by atoms with Crippen LogP contribution in [0.1, 0.15) is 5.56 Å². The van der Waals surface area contributed by atoms with Gasteiger partial charge in [-0.15, -0.1) is 0 Å². The fourth-order valence-corrected chi connectivity index (χ4v) is 4.76. The molecule has 1 saturated heterocycles. The van der Waals surface area contributed by atoms with Crippen molar-refractivity contribution in [3.63, 3.8) is 0 Å². The van der Waals surface area contributed by atoms with Crippen molar-refractivity contribution in [3.8, 4) is 5.75 Å². The van der Waals surface area contributed by atoms with Crippen LogP contribution in [0.25, 0.3) is 6.08 Å². The third kappa shape index (κ3) is 5.33. The average molecular weight is 471 g/mol. The van der Waals surface area contributed by atoms with Crippen molar-refractivity contribution < 1.29 is 22.7 Å². The summed E-state index contributed by atoms with van der Waals surface area (Å²) in [6.07, 6.45) is 2.83. The molecular weight excluding hydrogens is 451 g/mol. The van der Waals surface area contributed by atoms with Gasteiger partial charge < -0.3 is 14.8 Å². The van der Waals surface area contributed by atoms with E-state index in [2.05, 4.69) is 5.32 Å². The van der Waals surface area contributed by atoms with Crippen molar-refractivity contribution in [2.75, 3.05) is 38.7 Å². The zero-order chi connectivity index (χ0) is 21.7. The van der Waals surface area contributed by atoms with Crippen molar-refractivity contribution in [2.45, 2.75) is 4.90 Å². The van der Waals surface area contributed by atoms with Gasteiger partial charge in [0.2, 0.25) is 15.9 Å². The van der Waals surface area contributed by atoms with E-state index < -0.39 is 15.9 Å². The van der Waals surface area contributed by atoms with Crippen molar-refractivity contribution in [3.05, 3.63) is 58.1 Å². The van der Waals surface area contributed by atoms with Crippen molar-refractivity contribution in [1.82, 2.24) is 4.31 Å². The van der Waals surface area contributed by atoms with Crippen molar-refractivity contribution in [1.29, 1.82) is 0 Å². The van der Waals surface area contributed by atoms with Crippen LogP contribution < -0.4 is 10.1 Å². The maximum Gasteiger partial charge on any atom is 0.248 e. The van der Waals surface area contributed by atoms with Gasteiger partial charge in [-0.05, 0) is 42.0 Å². The number of benzene rings is 2. The predicted octanol–water partition coefficient (Wildman–Crippen LogP) is 3.67. The number of hydrogen-bond acceptors (Lipinski definition) is 5. The third-order valence-corrected chi connectivity index (χ3v) is 6.87. The molecule has 1 amide bonds. The average Bonchev–Trinajstić information content (AvgIpc) is 2.73. The number of hydrogen-bond donors (Lipinski definition) is 1. The number of nitrogens with one attached hydrogen (secondary N) is 1. The maximum atomic E-state index is 12.9. The number of ether oxygens (including phenoxy) is 2. The van der Waals surface area contributed by atoms with Crippen LogP contribution in [0.2, 0.25) is 10.0 Å². The van der Waals surface area contributed by atoms with Crippen LogP contribution in [0.3, 0.4) is 0 Å². The van der Waals surface area contributed by atoms with Crippen LogP contribution in [-0.4, -0.2) is 52.0 Å². The molecule has 160 valence electrons. The van der Waals surface area contributed by atoms with E-state index in [0.717, 1.165) is 0 Å². The van der Waals surface area contributed by atoms with Gasteiger partial charge in [0.05, 0.1) is 30.9 Å². The first kappa shape index (κ1) is 22.6. The third-order valence-electron chi connectivity index (χ3n) is 4.41. The normalized spacial score (nSPS) is 15.3. The summed E-state index contributed by atoms with van der Waals surface area (Å²) in [6.45, 7) is 1.25. The van der Waals surface area contributed by atoms with Crippen LogP contribution in [0.5, 0.6) is 5.75 Å². The number of morpholine rings is 1. The van der Waals surface area contributed by atoms with Crippen LogP contribution in [0, 0.1) is 0 Å². The second kappa shape index (κ2) is 9.80. The summed E-state index contributed by atoms with van der Waals surface area (Å²) >= 11 is 12.0. The standard InChI is InChI=1S/C20H20Cl2N2O5S/c1-28-19-6-5-16(30(26,27)24-8-10-29-11-9-24)13-18(19)23-20(25)7-3-14-2-4-15(21)12-17(14)22/h2-7,12-13H,8-11H2,1H3,(H,23,25)/b7-3+. The van der Waals surface area contributed by atoms with E-state index in [1.54, 1.807) is 18.2 Å². The minimum atomic E-state index is -3.71. The Labute approximate surface area is 185 Å². The van der Waals surface area contributed by atoms with E-state index in [-0.39, 0.29) is 23.7 Å². The summed E-state index contributed by atoms with van der Waals surface area (Å²) in [6, 6.07) is 9.25. The Kier molecular flexibility index (Phi) is 7.38. The van der Waals surface area contributed by atoms with E-state index in [4.69, 9.17) is 32.7 Å². The molecule has 2 aromatic rings. The number of sulfonamides is 1. The summed E-state index contributed by atoms with van der Waals surface area (Å²) in [5.41, 5.74) is 0.857. The van der Waals surface area contributed by atoms with Crippen LogP contribution in [0.15, 0.2) is 47.4 Å². The Morgan fingerprint density at radius 3 is 2.57 bits per heavy atom. The molecule has 0 bridgehead atoms. The number of rotatable bonds is 6. The van der Waals surface area contributed by atoms with Gasteiger partial charge in [0.1, 0.15) is 5.75 Å². The second-order valence-corrected chi connectivity index (χ2v) is 9.15. The molecule has 0 aliphatic carbocycles. The highest BCUT2D eigenvalue weighted by Gasteiger charge is 2.27. The van der Waals surface area contributed by atoms with Gasteiger partial charge in [-0.1, -0.05) is 29.3 Å². The van der Waals surface area contributed by atoms with Gasteiger partial charge in [0, 0.05) is 29.2 Å². The van der Waals surface area contributed by atoms with Crippen LogP contribution >= 0.6 is 23.2 Å². The summed E-state index contributed by atoms with van der Waals surface area (Å²) < 4.78 is 37.6. The number of carbonyl (C=O) groups is 1. The van der Waals surface area contributed by atoms with Gasteiger partial charge in [-0.3, -0.25) is 4.79 Å². The quantitative estimate of drug-likeness (QED) is 0.650. The summed E-state index contributed by atoms with van der Waals surface area (Å²) in [5, 5.41) is 3.55. The molecule has 1 N–H and O–H groups in total. The fraction of sp³-hybridized carbons (Fsp3) is 0.250. The number of carbonyl (C=O) groups excluding carboxylic acids is 1. The van der Waals surface area contributed by atoms with Gasteiger partial charge >= 0.3 is 0 Å². The summed E-state index contributed by atoms with van der Waals surface area (Å²) in [5.74, 6) is -0.137. The molecule has 0 spiro atoms. The lowest BCUT2D eigenvalue weighted by atomic mass is 10.2. The monoisotopic (exact) mass is 470 g/mol. The number of amides is 1. The first-order chi connectivity index (χ1) is 14.3. The molecule has 1 aliphatic rings. The van der Waals surface area contributed by atoms with E-state index in [1.165, 1.54) is 41.8 Å². The zero-order valence-electron chi connectivity index (χ0n) is 16.1. The Hall–Kier alpha value is -2.10. The molecule has 1 heterocycles. The van der Waals surface area contributed by atoms with Gasteiger partial charge in [-0.25, -0.2) is 8.42 Å². The Morgan fingerprint density at radius 1 is 1.17 bits per heavy atom. The van der Waals surface area contributed by atoms with E-state index >= 15 is 0 Å². The second-order valence-electron chi connectivity index (χ2n) is 6.37. The van der Waals surface area contributed by atoms with E-state index in [0.29, 0.717) is 34.6 Å². The van der Waals surface area contributed by atoms with Gasteiger partial charge in [0.15, 0.2) is 0 Å². The number of halogens is 2. The minimum absolute atomic E-state index is 0.0604. The lowest BCUT2D eigenvalue weighted by Crippen LogP contribution is -2.40. The molecule has 0 atom stereocenters.